The maximum atomic E-state index is 9.57. The molecule has 1 aromatic carbocycles. The van der Waals surface area contributed by atoms with E-state index >= 15 is 0 Å². The SMILES string of the molecule is C=C(COC)c1ccc(C)cc1O.[Ac]. The van der Waals surface area contributed by atoms with Crippen LogP contribution in [0.1, 0.15) is 11.1 Å². The van der Waals surface area contributed by atoms with Gasteiger partial charge >= 0.3 is 0 Å². The molecule has 0 heterocycles. The first kappa shape index (κ1) is 14.2. The fraction of sp³-hybridized carbons (Fsp3) is 0.273. The quantitative estimate of drug-likeness (QED) is 0.837. The molecule has 0 saturated heterocycles. The van der Waals surface area contributed by atoms with Crippen LogP contribution in [0, 0.1) is 51.0 Å². The van der Waals surface area contributed by atoms with Crippen molar-refractivity contribution in [2.75, 3.05) is 13.7 Å². The number of benzene rings is 1. The number of phenolic OH excluding ortho intramolecular Hbond substituents is 1. The summed E-state index contributed by atoms with van der Waals surface area (Å²) in [5.74, 6) is 0.266. The fourth-order valence-corrected chi connectivity index (χ4v) is 1.19. The Balaban J connectivity index is 0.00000169. The van der Waals surface area contributed by atoms with Crippen molar-refractivity contribution in [1.82, 2.24) is 0 Å². The zero-order valence-electron chi connectivity index (χ0n) is 8.58. The molecule has 0 bridgehead atoms. The predicted molar refractivity (Wildman–Crippen MR) is 53.8 cm³/mol. The van der Waals surface area contributed by atoms with E-state index in [9.17, 15) is 5.11 Å². The molecule has 0 atom stereocenters. The van der Waals surface area contributed by atoms with Gasteiger partial charge in [0.25, 0.3) is 0 Å². The van der Waals surface area contributed by atoms with Crippen LogP contribution in [0.5, 0.6) is 5.75 Å². The third kappa shape index (κ3) is 3.73. The number of ether oxygens (including phenoxy) is 1. The van der Waals surface area contributed by atoms with E-state index in [1.165, 1.54) is 0 Å². The summed E-state index contributed by atoms with van der Waals surface area (Å²) in [5.41, 5.74) is 2.58. The van der Waals surface area contributed by atoms with Crippen LogP contribution in [0.2, 0.25) is 0 Å². The third-order valence-electron chi connectivity index (χ3n) is 1.85. The average Bonchev–Trinajstić information content (AvgIpc) is 2.04. The van der Waals surface area contributed by atoms with E-state index in [0.29, 0.717) is 6.61 Å². The van der Waals surface area contributed by atoms with Crippen LogP contribution in [0.25, 0.3) is 5.57 Å². The summed E-state index contributed by atoms with van der Waals surface area (Å²) in [6.07, 6.45) is 0. The summed E-state index contributed by atoms with van der Waals surface area (Å²) in [5, 5.41) is 9.57. The summed E-state index contributed by atoms with van der Waals surface area (Å²) < 4.78 is 4.93. The molecule has 2 nitrogen and oxygen atoms in total. The number of phenols is 1. The van der Waals surface area contributed by atoms with Crippen molar-refractivity contribution in [2.45, 2.75) is 6.92 Å². The molecular weight excluding hydrogens is 391 g/mol. The zero-order chi connectivity index (χ0) is 9.84. The Kier molecular flexibility index (Phi) is 6.69. The van der Waals surface area contributed by atoms with Crippen LogP contribution in [0.3, 0.4) is 0 Å². The molecule has 0 aliphatic heterocycles. The van der Waals surface area contributed by atoms with Crippen molar-refractivity contribution in [2.24, 2.45) is 0 Å². The van der Waals surface area contributed by atoms with E-state index in [0.717, 1.165) is 16.7 Å². The van der Waals surface area contributed by atoms with E-state index in [4.69, 9.17) is 4.74 Å². The molecule has 1 N–H and O–H groups in total. The largest absolute Gasteiger partial charge is 0.507 e. The van der Waals surface area contributed by atoms with Crippen LogP contribution in [0.4, 0.5) is 0 Å². The van der Waals surface area contributed by atoms with Gasteiger partial charge in [0.2, 0.25) is 0 Å². The second-order valence-electron chi connectivity index (χ2n) is 3.06. The second-order valence-corrected chi connectivity index (χ2v) is 3.06. The van der Waals surface area contributed by atoms with E-state index < -0.39 is 0 Å². The summed E-state index contributed by atoms with van der Waals surface area (Å²) in [6.45, 7) is 6.19. The van der Waals surface area contributed by atoms with Crippen LogP contribution in [0.15, 0.2) is 24.8 Å². The normalized spacial score (nSPS) is 9.29. The van der Waals surface area contributed by atoms with E-state index in [2.05, 4.69) is 6.58 Å². The van der Waals surface area contributed by atoms with Gasteiger partial charge in [-0.25, -0.2) is 0 Å². The van der Waals surface area contributed by atoms with Crippen LogP contribution in [-0.4, -0.2) is 18.8 Å². The van der Waals surface area contributed by atoms with E-state index in [1.807, 2.05) is 19.1 Å². The molecule has 0 aliphatic rings. The number of hydrogen-bond acceptors (Lipinski definition) is 2. The molecule has 0 aromatic heterocycles. The monoisotopic (exact) mass is 405 g/mol. The molecule has 3 heteroatoms. The van der Waals surface area contributed by atoms with Crippen LogP contribution < -0.4 is 0 Å². The van der Waals surface area contributed by atoms with E-state index in [-0.39, 0.29) is 49.8 Å². The fourth-order valence-electron chi connectivity index (χ4n) is 1.19. The summed E-state index contributed by atoms with van der Waals surface area (Å²) >= 11 is 0. The molecule has 0 spiro atoms. The molecule has 0 saturated carbocycles. The Morgan fingerprint density at radius 3 is 2.64 bits per heavy atom. The molecule has 0 fully saturated rings. The van der Waals surface area contributed by atoms with Crippen molar-refractivity contribution in [3.8, 4) is 5.75 Å². The van der Waals surface area contributed by atoms with Gasteiger partial charge in [0.1, 0.15) is 5.75 Å². The first-order valence-corrected chi connectivity index (χ1v) is 4.12. The molecule has 1 aromatic rings. The van der Waals surface area contributed by atoms with Gasteiger partial charge in [-0.05, 0) is 24.1 Å². The third-order valence-corrected chi connectivity index (χ3v) is 1.85. The average molecular weight is 405 g/mol. The first-order chi connectivity index (χ1) is 6.15. The van der Waals surface area contributed by atoms with E-state index in [1.54, 1.807) is 13.2 Å². The maximum absolute atomic E-state index is 9.57. The van der Waals surface area contributed by atoms with Crippen molar-refractivity contribution in [3.63, 3.8) is 0 Å². The molecule has 1 rings (SSSR count). The minimum atomic E-state index is 0. The summed E-state index contributed by atoms with van der Waals surface area (Å²) in [7, 11) is 1.61. The topological polar surface area (TPSA) is 29.5 Å². The molecule has 0 aliphatic carbocycles. The molecule has 14 heavy (non-hydrogen) atoms. The number of rotatable bonds is 3. The van der Waals surface area contributed by atoms with Gasteiger partial charge in [0.15, 0.2) is 0 Å². The van der Waals surface area contributed by atoms with Gasteiger partial charge in [-0.2, -0.15) is 0 Å². The molecule has 0 amide bonds. The van der Waals surface area contributed by atoms with Gasteiger partial charge in [-0.3, -0.25) is 0 Å². The standard InChI is InChI=1S/C11H14O2.Ac/c1-8-4-5-10(11(12)6-8)9(2)7-13-3;/h4-6,12H,2,7H2,1,3H3;. The summed E-state index contributed by atoms with van der Waals surface area (Å²) in [6, 6.07) is 5.51. The second kappa shape index (κ2) is 6.61. The Labute approximate surface area is 121 Å². The van der Waals surface area contributed by atoms with Crippen LogP contribution in [-0.2, 0) is 4.74 Å². The minimum absolute atomic E-state index is 0. The van der Waals surface area contributed by atoms with Gasteiger partial charge in [0, 0.05) is 56.7 Å². The first-order valence-electron chi connectivity index (χ1n) is 4.12. The zero-order valence-corrected chi connectivity index (χ0v) is 13.3. The Morgan fingerprint density at radius 2 is 2.14 bits per heavy atom. The Bertz CT molecular complexity index is 321. The van der Waals surface area contributed by atoms with Crippen LogP contribution >= 0.6 is 0 Å². The summed E-state index contributed by atoms with van der Waals surface area (Å²) in [4.78, 5) is 0. The van der Waals surface area contributed by atoms with Crippen molar-refractivity contribution in [1.29, 1.82) is 0 Å². The van der Waals surface area contributed by atoms with Gasteiger partial charge in [0.05, 0.1) is 6.61 Å². The number of methoxy groups -OCH3 is 1. The maximum Gasteiger partial charge on any atom is 0.123 e. The van der Waals surface area contributed by atoms with Crippen molar-refractivity contribution < 1.29 is 53.9 Å². The van der Waals surface area contributed by atoms with Crippen molar-refractivity contribution in [3.05, 3.63) is 35.9 Å². The molecule has 73 valence electrons. The van der Waals surface area contributed by atoms with Gasteiger partial charge < -0.3 is 9.84 Å². The minimum Gasteiger partial charge on any atom is -0.507 e. The number of aromatic hydroxyl groups is 1. The van der Waals surface area contributed by atoms with Gasteiger partial charge in [-0.15, -0.1) is 0 Å². The number of aryl methyl sites for hydroxylation is 1. The van der Waals surface area contributed by atoms with Crippen molar-refractivity contribution >= 4 is 5.57 Å². The molecular formula is C11H14AcO2. The smallest absolute Gasteiger partial charge is 0.123 e. The predicted octanol–water partition coefficient (Wildman–Crippen LogP) is 2.36. The van der Waals surface area contributed by atoms with Gasteiger partial charge in [-0.1, -0.05) is 18.7 Å². The number of hydrogen-bond donors (Lipinski definition) is 1. The molecule has 1 radical (unpaired) electrons. The Hall–Kier alpha value is 0.162. The Morgan fingerprint density at radius 1 is 1.50 bits per heavy atom. The molecule has 0 unspecified atom stereocenters.